The van der Waals surface area contributed by atoms with Gasteiger partial charge in [-0.15, -0.1) is 0 Å². The smallest absolute Gasteiger partial charge is 0.231 e. The molecule has 1 atom stereocenters. The average molecular weight is 373 g/mol. The largest absolute Gasteiger partial charge is 0.492 e. The van der Waals surface area contributed by atoms with Gasteiger partial charge in [-0.2, -0.15) is 0 Å². The van der Waals surface area contributed by atoms with Crippen molar-refractivity contribution < 1.29 is 14.3 Å². The van der Waals surface area contributed by atoms with Crippen LogP contribution >= 0.6 is 11.6 Å². The number of fused-ring (bicyclic) bond motifs is 1. The topological polar surface area (TPSA) is 50.8 Å². The Labute approximate surface area is 157 Å². The van der Waals surface area contributed by atoms with Crippen LogP contribution in [0.2, 0.25) is 5.02 Å². The van der Waals surface area contributed by atoms with E-state index in [0.717, 1.165) is 35.8 Å². The molecule has 5 nitrogen and oxygen atoms in total. The lowest BCUT2D eigenvalue weighted by atomic mass is 9.96. The second-order valence-corrected chi connectivity index (χ2v) is 7.01. The molecule has 2 aliphatic rings. The standard InChI is InChI=1S/C20H21ClN2O3/c21-16-5-6-18(23-7-9-25-10-8-23)17(12-16)22-20(24)15-11-14-3-1-2-4-19(14)26-13-15/h1-6,12,15H,7-11,13H2,(H,22,24). The number of benzene rings is 2. The van der Waals surface area contributed by atoms with Crippen LogP contribution in [-0.4, -0.2) is 38.8 Å². The van der Waals surface area contributed by atoms with Gasteiger partial charge in [-0.05, 0) is 36.2 Å². The predicted octanol–water partition coefficient (Wildman–Crippen LogP) is 3.37. The van der Waals surface area contributed by atoms with Crippen LogP contribution in [-0.2, 0) is 16.0 Å². The summed E-state index contributed by atoms with van der Waals surface area (Å²) < 4.78 is 11.2. The summed E-state index contributed by atoms with van der Waals surface area (Å²) in [5, 5.41) is 3.66. The lowest BCUT2D eigenvalue weighted by Crippen LogP contribution is -2.37. The van der Waals surface area contributed by atoms with Gasteiger partial charge >= 0.3 is 0 Å². The molecule has 1 saturated heterocycles. The van der Waals surface area contributed by atoms with Gasteiger partial charge in [-0.1, -0.05) is 29.8 Å². The van der Waals surface area contributed by atoms with Gasteiger partial charge < -0.3 is 19.7 Å². The number of anilines is 2. The zero-order valence-corrected chi connectivity index (χ0v) is 15.2. The van der Waals surface area contributed by atoms with Gasteiger partial charge in [-0.25, -0.2) is 0 Å². The van der Waals surface area contributed by atoms with Gasteiger partial charge in [-0.3, -0.25) is 4.79 Å². The summed E-state index contributed by atoms with van der Waals surface area (Å²) >= 11 is 6.17. The maximum absolute atomic E-state index is 12.8. The molecule has 1 amide bonds. The molecule has 2 heterocycles. The Morgan fingerprint density at radius 2 is 1.96 bits per heavy atom. The summed E-state index contributed by atoms with van der Waals surface area (Å²) in [5.41, 5.74) is 2.78. The molecule has 0 spiro atoms. The van der Waals surface area contributed by atoms with E-state index >= 15 is 0 Å². The van der Waals surface area contributed by atoms with Crippen molar-refractivity contribution >= 4 is 28.9 Å². The molecule has 1 unspecified atom stereocenters. The minimum absolute atomic E-state index is 0.0451. The Morgan fingerprint density at radius 3 is 2.81 bits per heavy atom. The van der Waals surface area contributed by atoms with Crippen molar-refractivity contribution in [2.75, 3.05) is 43.1 Å². The summed E-state index contributed by atoms with van der Waals surface area (Å²) in [7, 11) is 0. The van der Waals surface area contributed by atoms with Crippen LogP contribution in [0.15, 0.2) is 42.5 Å². The van der Waals surface area contributed by atoms with E-state index in [2.05, 4.69) is 10.2 Å². The number of ether oxygens (including phenoxy) is 2. The van der Waals surface area contributed by atoms with Crippen LogP contribution in [0.5, 0.6) is 5.75 Å². The van der Waals surface area contributed by atoms with Crippen LogP contribution in [0.3, 0.4) is 0 Å². The Morgan fingerprint density at radius 1 is 1.15 bits per heavy atom. The molecule has 2 aliphatic heterocycles. The first kappa shape index (κ1) is 17.2. The molecule has 1 fully saturated rings. The molecular weight excluding hydrogens is 352 g/mol. The van der Waals surface area contributed by atoms with E-state index in [1.54, 1.807) is 0 Å². The number of nitrogens with one attached hydrogen (secondary N) is 1. The number of nitrogens with zero attached hydrogens (tertiary/aromatic N) is 1. The van der Waals surface area contributed by atoms with Gasteiger partial charge in [0, 0.05) is 18.1 Å². The number of morpholine rings is 1. The van der Waals surface area contributed by atoms with E-state index in [-0.39, 0.29) is 11.8 Å². The maximum atomic E-state index is 12.8. The number of para-hydroxylation sites is 1. The highest BCUT2D eigenvalue weighted by Gasteiger charge is 2.27. The number of carbonyl (C=O) groups excluding carboxylic acids is 1. The monoisotopic (exact) mass is 372 g/mol. The van der Waals surface area contributed by atoms with Gasteiger partial charge in [0.1, 0.15) is 12.4 Å². The van der Waals surface area contributed by atoms with E-state index in [9.17, 15) is 4.79 Å². The van der Waals surface area contributed by atoms with Crippen LogP contribution in [0, 0.1) is 5.92 Å². The molecule has 2 aromatic carbocycles. The van der Waals surface area contributed by atoms with Gasteiger partial charge in [0.15, 0.2) is 0 Å². The first-order chi connectivity index (χ1) is 12.7. The van der Waals surface area contributed by atoms with E-state index < -0.39 is 0 Å². The van der Waals surface area contributed by atoms with Gasteiger partial charge in [0.25, 0.3) is 0 Å². The van der Waals surface area contributed by atoms with Crippen LogP contribution in [0.4, 0.5) is 11.4 Å². The van der Waals surface area contributed by atoms with E-state index in [0.29, 0.717) is 31.3 Å². The molecule has 26 heavy (non-hydrogen) atoms. The van der Waals surface area contributed by atoms with Crippen molar-refractivity contribution in [3.8, 4) is 5.75 Å². The van der Waals surface area contributed by atoms with Crippen molar-refractivity contribution in [1.29, 1.82) is 0 Å². The van der Waals surface area contributed by atoms with Crippen LogP contribution in [0.1, 0.15) is 5.56 Å². The SMILES string of the molecule is O=C(Nc1cc(Cl)ccc1N1CCOCC1)C1COc2ccccc2C1. The third kappa shape index (κ3) is 3.64. The number of hydrogen-bond acceptors (Lipinski definition) is 4. The van der Waals surface area contributed by atoms with Crippen LogP contribution < -0.4 is 15.0 Å². The average Bonchev–Trinajstić information content (AvgIpc) is 2.68. The third-order valence-electron chi connectivity index (χ3n) is 4.82. The zero-order chi connectivity index (χ0) is 17.9. The number of halogens is 1. The molecule has 0 saturated carbocycles. The number of rotatable bonds is 3. The van der Waals surface area contributed by atoms with Crippen molar-refractivity contribution in [2.24, 2.45) is 5.92 Å². The van der Waals surface area contributed by atoms with Crippen molar-refractivity contribution in [3.05, 3.63) is 53.1 Å². The fraction of sp³-hybridized carbons (Fsp3) is 0.350. The summed E-state index contributed by atoms with van der Waals surface area (Å²) in [6.07, 6.45) is 0.676. The molecule has 0 aliphatic carbocycles. The van der Waals surface area contributed by atoms with Gasteiger partial charge in [0.05, 0.1) is 30.5 Å². The van der Waals surface area contributed by atoms with E-state index in [1.807, 2.05) is 42.5 Å². The summed E-state index contributed by atoms with van der Waals surface area (Å²) in [5.74, 6) is 0.603. The fourth-order valence-corrected chi connectivity index (χ4v) is 3.59. The molecule has 4 rings (SSSR count). The fourth-order valence-electron chi connectivity index (χ4n) is 3.42. The predicted molar refractivity (Wildman–Crippen MR) is 102 cm³/mol. The molecule has 0 radical (unpaired) electrons. The lowest BCUT2D eigenvalue weighted by molar-refractivity contribution is -0.121. The molecule has 2 aromatic rings. The van der Waals surface area contributed by atoms with Crippen LogP contribution in [0.25, 0.3) is 0 Å². The normalized spacial score (nSPS) is 19.4. The zero-order valence-electron chi connectivity index (χ0n) is 14.4. The first-order valence-corrected chi connectivity index (χ1v) is 9.22. The second kappa shape index (κ2) is 7.56. The minimum Gasteiger partial charge on any atom is -0.492 e. The first-order valence-electron chi connectivity index (χ1n) is 8.84. The number of hydrogen-bond donors (Lipinski definition) is 1. The summed E-state index contributed by atoms with van der Waals surface area (Å²) in [6.45, 7) is 3.34. The molecule has 1 N–H and O–H groups in total. The molecule has 6 heteroatoms. The third-order valence-corrected chi connectivity index (χ3v) is 5.05. The molecule has 136 valence electrons. The Kier molecular flexibility index (Phi) is 5.00. The number of amides is 1. The molecule has 0 aromatic heterocycles. The highest BCUT2D eigenvalue weighted by atomic mass is 35.5. The number of carbonyl (C=O) groups is 1. The highest BCUT2D eigenvalue weighted by molar-refractivity contribution is 6.31. The van der Waals surface area contributed by atoms with Crippen molar-refractivity contribution in [1.82, 2.24) is 0 Å². The maximum Gasteiger partial charge on any atom is 0.231 e. The molecular formula is C20H21ClN2O3. The molecule has 0 bridgehead atoms. The quantitative estimate of drug-likeness (QED) is 0.897. The Balaban J connectivity index is 1.52. The summed E-state index contributed by atoms with van der Waals surface area (Å²) in [4.78, 5) is 15.1. The van der Waals surface area contributed by atoms with E-state index in [1.165, 1.54) is 0 Å². The highest BCUT2D eigenvalue weighted by Crippen LogP contribution is 2.32. The van der Waals surface area contributed by atoms with E-state index in [4.69, 9.17) is 21.1 Å². The Hall–Kier alpha value is -2.24. The lowest BCUT2D eigenvalue weighted by Gasteiger charge is -2.31. The van der Waals surface area contributed by atoms with Crippen molar-refractivity contribution in [2.45, 2.75) is 6.42 Å². The summed E-state index contributed by atoms with van der Waals surface area (Å²) in [6, 6.07) is 13.5. The minimum atomic E-state index is -0.221. The Bertz CT molecular complexity index is 805. The van der Waals surface area contributed by atoms with Gasteiger partial charge in [0.2, 0.25) is 5.91 Å². The second-order valence-electron chi connectivity index (χ2n) is 6.57. The van der Waals surface area contributed by atoms with Crippen molar-refractivity contribution in [3.63, 3.8) is 0 Å².